The van der Waals surface area contributed by atoms with Crippen molar-refractivity contribution < 1.29 is 4.39 Å². The molecule has 1 aliphatic rings. The maximum Gasteiger partial charge on any atom is 0.251 e. The molecule has 3 rings (SSSR count). The molecule has 0 unspecified atom stereocenters. The van der Waals surface area contributed by atoms with E-state index in [0.717, 1.165) is 10.5 Å². The van der Waals surface area contributed by atoms with E-state index >= 15 is 0 Å². The van der Waals surface area contributed by atoms with Gasteiger partial charge in [-0.25, -0.2) is 9.37 Å². The van der Waals surface area contributed by atoms with E-state index in [-0.39, 0.29) is 11.4 Å². The van der Waals surface area contributed by atoms with Gasteiger partial charge in [-0.05, 0) is 43.5 Å². The van der Waals surface area contributed by atoms with Gasteiger partial charge in [0.15, 0.2) is 5.16 Å². The Labute approximate surface area is 126 Å². The fourth-order valence-electron chi connectivity index (χ4n) is 2.04. The van der Waals surface area contributed by atoms with Crippen molar-refractivity contribution in [2.75, 3.05) is 0 Å². The smallest absolute Gasteiger partial charge is 0.251 e. The zero-order valence-corrected chi connectivity index (χ0v) is 12.5. The van der Waals surface area contributed by atoms with Gasteiger partial charge in [-0.1, -0.05) is 11.8 Å². The molecule has 4 nitrogen and oxygen atoms in total. The van der Waals surface area contributed by atoms with Gasteiger partial charge in [-0.15, -0.1) is 0 Å². The van der Waals surface area contributed by atoms with Crippen LogP contribution in [0.3, 0.4) is 0 Å². The lowest BCUT2D eigenvalue weighted by atomic mass is 10.2. The highest BCUT2D eigenvalue weighted by molar-refractivity contribution is 7.99. The third-order valence-electron chi connectivity index (χ3n) is 3.17. The summed E-state index contributed by atoms with van der Waals surface area (Å²) in [4.78, 5) is 19.1. The lowest BCUT2D eigenvalue weighted by Gasteiger charge is -2.07. The number of nitrogens with zero attached hydrogens (tertiary/aromatic N) is 1. The van der Waals surface area contributed by atoms with Crippen molar-refractivity contribution in [1.29, 1.82) is 0 Å². The minimum absolute atomic E-state index is 0.197. The van der Waals surface area contributed by atoms with Crippen molar-refractivity contribution in [3.63, 3.8) is 0 Å². The number of aromatic amines is 1. The Morgan fingerprint density at radius 1 is 1.38 bits per heavy atom. The molecular formula is C15H16FN3OS. The summed E-state index contributed by atoms with van der Waals surface area (Å²) in [5.74, 6) is -0.275. The van der Waals surface area contributed by atoms with Crippen molar-refractivity contribution in [2.45, 2.75) is 42.4 Å². The first-order valence-corrected chi connectivity index (χ1v) is 7.69. The summed E-state index contributed by atoms with van der Waals surface area (Å²) in [5.41, 5.74) is 1.35. The van der Waals surface area contributed by atoms with Gasteiger partial charge in [0, 0.05) is 29.2 Å². The lowest BCUT2D eigenvalue weighted by molar-refractivity contribution is 0.615. The molecule has 0 bridgehead atoms. The van der Waals surface area contributed by atoms with Crippen molar-refractivity contribution in [3.8, 4) is 0 Å². The Kier molecular flexibility index (Phi) is 4.07. The van der Waals surface area contributed by atoms with Crippen LogP contribution in [-0.4, -0.2) is 16.0 Å². The summed E-state index contributed by atoms with van der Waals surface area (Å²) in [6, 6.07) is 6.92. The van der Waals surface area contributed by atoms with Crippen LogP contribution in [0.15, 0.2) is 39.1 Å². The molecule has 110 valence electrons. The lowest BCUT2D eigenvalue weighted by Crippen LogP contribution is -2.15. The highest BCUT2D eigenvalue weighted by Crippen LogP contribution is 2.26. The molecule has 1 saturated carbocycles. The first-order valence-electron chi connectivity index (χ1n) is 6.87. The van der Waals surface area contributed by atoms with Crippen molar-refractivity contribution in [1.82, 2.24) is 15.3 Å². The zero-order valence-electron chi connectivity index (χ0n) is 11.6. The molecule has 0 spiro atoms. The van der Waals surface area contributed by atoms with Gasteiger partial charge in [0.2, 0.25) is 0 Å². The van der Waals surface area contributed by atoms with E-state index in [1.165, 1.54) is 42.8 Å². The molecule has 1 aliphatic carbocycles. The monoisotopic (exact) mass is 305 g/mol. The molecule has 0 radical (unpaired) electrons. The van der Waals surface area contributed by atoms with Gasteiger partial charge in [0.1, 0.15) is 5.82 Å². The summed E-state index contributed by atoms with van der Waals surface area (Å²) in [6.07, 6.45) is 2.40. The van der Waals surface area contributed by atoms with Crippen LogP contribution < -0.4 is 10.9 Å². The summed E-state index contributed by atoms with van der Waals surface area (Å²) in [5, 5.41) is 3.84. The van der Waals surface area contributed by atoms with Gasteiger partial charge in [-0.2, -0.15) is 0 Å². The molecule has 1 aromatic heterocycles. The number of halogens is 1. The molecule has 0 atom stereocenters. The number of aryl methyl sites for hydroxylation is 1. The second-order valence-corrected chi connectivity index (χ2v) is 6.31. The number of nitrogens with one attached hydrogen (secondary N) is 2. The quantitative estimate of drug-likeness (QED) is 0.834. The number of hydrogen-bond donors (Lipinski definition) is 2. The van der Waals surface area contributed by atoms with E-state index < -0.39 is 0 Å². The summed E-state index contributed by atoms with van der Waals surface area (Å²) < 4.78 is 13.7. The molecule has 2 N–H and O–H groups in total. The average molecular weight is 305 g/mol. The number of benzene rings is 1. The number of H-pyrrole nitrogens is 1. The zero-order chi connectivity index (χ0) is 14.8. The Bertz CT molecular complexity index is 712. The SMILES string of the molecule is Cc1cc(=O)[nH]c(Sc2cc(F)cc(CNC3CC3)c2)n1. The van der Waals surface area contributed by atoms with Gasteiger partial charge in [0.05, 0.1) is 0 Å². The second kappa shape index (κ2) is 5.99. The first kappa shape index (κ1) is 14.3. The predicted octanol–water partition coefficient (Wildman–Crippen LogP) is 2.62. The minimum Gasteiger partial charge on any atom is -0.310 e. The van der Waals surface area contributed by atoms with Crippen LogP contribution in [0.1, 0.15) is 24.1 Å². The molecule has 0 amide bonds. The van der Waals surface area contributed by atoms with E-state index in [2.05, 4.69) is 15.3 Å². The maximum absolute atomic E-state index is 13.7. The fourth-order valence-corrected chi connectivity index (χ4v) is 2.99. The summed E-state index contributed by atoms with van der Waals surface area (Å²) in [6.45, 7) is 2.42. The highest BCUT2D eigenvalue weighted by Gasteiger charge is 2.20. The Morgan fingerprint density at radius 2 is 2.19 bits per heavy atom. The number of rotatable bonds is 5. The number of aromatic nitrogens is 2. The van der Waals surface area contributed by atoms with Crippen LogP contribution in [0, 0.1) is 12.7 Å². The maximum atomic E-state index is 13.7. The van der Waals surface area contributed by atoms with Crippen molar-refractivity contribution in [2.24, 2.45) is 0 Å². The van der Waals surface area contributed by atoms with Gasteiger partial charge in [-0.3, -0.25) is 4.79 Å². The molecule has 0 saturated heterocycles. The minimum atomic E-state index is -0.275. The van der Waals surface area contributed by atoms with E-state index in [4.69, 9.17) is 0 Å². The molecule has 21 heavy (non-hydrogen) atoms. The van der Waals surface area contributed by atoms with Crippen molar-refractivity contribution in [3.05, 3.63) is 51.7 Å². The van der Waals surface area contributed by atoms with Crippen molar-refractivity contribution >= 4 is 11.8 Å². The van der Waals surface area contributed by atoms with E-state index in [0.29, 0.717) is 23.4 Å². The van der Waals surface area contributed by atoms with E-state index in [1.807, 2.05) is 6.07 Å². The topological polar surface area (TPSA) is 57.8 Å². The molecule has 0 aliphatic heterocycles. The van der Waals surface area contributed by atoms with Crippen LogP contribution in [-0.2, 0) is 6.54 Å². The normalized spacial score (nSPS) is 14.4. The molecule has 2 aromatic rings. The molecule has 1 fully saturated rings. The van der Waals surface area contributed by atoms with Gasteiger partial charge >= 0.3 is 0 Å². The van der Waals surface area contributed by atoms with Gasteiger partial charge in [0.25, 0.3) is 5.56 Å². The molecule has 1 heterocycles. The van der Waals surface area contributed by atoms with E-state index in [1.54, 1.807) is 6.92 Å². The number of hydrogen-bond acceptors (Lipinski definition) is 4. The summed E-state index contributed by atoms with van der Waals surface area (Å²) >= 11 is 1.26. The van der Waals surface area contributed by atoms with Crippen LogP contribution in [0.25, 0.3) is 0 Å². The third kappa shape index (κ3) is 4.15. The fraction of sp³-hybridized carbons (Fsp3) is 0.333. The van der Waals surface area contributed by atoms with Crippen LogP contribution >= 0.6 is 11.8 Å². The Balaban J connectivity index is 1.78. The van der Waals surface area contributed by atoms with Crippen LogP contribution in [0.2, 0.25) is 0 Å². The highest BCUT2D eigenvalue weighted by atomic mass is 32.2. The largest absolute Gasteiger partial charge is 0.310 e. The molecule has 6 heteroatoms. The summed E-state index contributed by atoms with van der Waals surface area (Å²) in [7, 11) is 0. The standard InChI is InChI=1S/C15H16FN3OS/c1-9-4-14(20)19-15(18-9)21-13-6-10(5-11(16)7-13)8-17-12-2-3-12/h4-7,12,17H,2-3,8H2,1H3,(H,18,19,20). The van der Waals surface area contributed by atoms with Crippen LogP contribution in [0.5, 0.6) is 0 Å². The Hall–Kier alpha value is -1.66. The van der Waals surface area contributed by atoms with Crippen LogP contribution in [0.4, 0.5) is 4.39 Å². The predicted molar refractivity (Wildman–Crippen MR) is 80.0 cm³/mol. The Morgan fingerprint density at radius 3 is 2.90 bits per heavy atom. The molecular weight excluding hydrogens is 289 g/mol. The average Bonchev–Trinajstić information content (AvgIpc) is 3.18. The van der Waals surface area contributed by atoms with E-state index in [9.17, 15) is 9.18 Å². The molecule has 1 aromatic carbocycles. The second-order valence-electron chi connectivity index (χ2n) is 5.24. The van der Waals surface area contributed by atoms with Gasteiger partial charge < -0.3 is 10.3 Å². The third-order valence-corrected chi connectivity index (χ3v) is 4.02. The first-order chi connectivity index (χ1) is 10.1.